The van der Waals surface area contributed by atoms with E-state index in [9.17, 15) is 29.1 Å². The summed E-state index contributed by atoms with van der Waals surface area (Å²) in [6, 6.07) is 4.84. The number of carbonyl (C=O) groups is 5. The van der Waals surface area contributed by atoms with Crippen molar-refractivity contribution in [3.8, 4) is 11.5 Å². The summed E-state index contributed by atoms with van der Waals surface area (Å²) >= 11 is 0. The summed E-state index contributed by atoms with van der Waals surface area (Å²) in [6.07, 6.45) is 7.56. The predicted octanol–water partition coefficient (Wildman–Crippen LogP) is 3.82. The van der Waals surface area contributed by atoms with E-state index in [0.717, 1.165) is 16.7 Å². The number of hydrogen-bond donors (Lipinski definition) is 2. The molecule has 3 aliphatic carbocycles. The first-order valence-electron chi connectivity index (χ1n) is 14.1. The van der Waals surface area contributed by atoms with Crippen molar-refractivity contribution in [2.24, 2.45) is 23.7 Å². The maximum Gasteiger partial charge on any atom is 0.303 e. The largest absolute Gasteiger partial charge is 0.508 e. The van der Waals surface area contributed by atoms with E-state index < -0.39 is 29.6 Å². The number of rotatable bonds is 7. The van der Waals surface area contributed by atoms with Crippen LogP contribution in [0.3, 0.4) is 0 Å². The lowest BCUT2D eigenvalue weighted by Crippen LogP contribution is -2.41. The van der Waals surface area contributed by atoms with Crippen LogP contribution in [0.5, 0.6) is 11.5 Å². The summed E-state index contributed by atoms with van der Waals surface area (Å²) < 4.78 is 5.91. The molecule has 1 aromatic carbocycles. The fraction of sp³-hybridized carbons (Fsp3) is 0.406. The number of benzene rings is 1. The number of amides is 2. The van der Waals surface area contributed by atoms with E-state index in [-0.39, 0.29) is 48.5 Å². The van der Waals surface area contributed by atoms with Crippen LogP contribution in [-0.4, -0.2) is 51.0 Å². The molecule has 0 radical (unpaired) electrons. The van der Waals surface area contributed by atoms with Crippen LogP contribution in [-0.2, 0) is 30.4 Å². The number of hydrogen-bond acceptors (Lipinski definition) is 7. The Morgan fingerprint density at radius 3 is 2.66 bits per heavy atom. The summed E-state index contributed by atoms with van der Waals surface area (Å²) in [5, 5.41) is 18.9. The molecule has 2 heterocycles. The minimum Gasteiger partial charge on any atom is -0.508 e. The molecule has 2 N–H and O–H groups in total. The number of allylic oxidation sites excluding steroid dienone is 7. The van der Waals surface area contributed by atoms with Gasteiger partial charge in [-0.3, -0.25) is 28.9 Å². The molecule has 2 amide bonds. The van der Waals surface area contributed by atoms with Crippen molar-refractivity contribution in [2.75, 3.05) is 6.54 Å². The highest BCUT2D eigenvalue weighted by Gasteiger charge is 2.56. The van der Waals surface area contributed by atoms with E-state index in [2.05, 4.69) is 0 Å². The Morgan fingerprint density at radius 1 is 1.07 bits per heavy atom. The monoisotopic (exact) mass is 557 g/mol. The molecule has 1 fully saturated rings. The first-order chi connectivity index (χ1) is 19.7. The Labute approximate surface area is 236 Å². The number of nitrogens with zero attached hydrogens (tertiary/aromatic N) is 1. The molecular weight excluding hydrogens is 526 g/mol. The lowest BCUT2D eigenvalue weighted by atomic mass is 9.58. The van der Waals surface area contributed by atoms with Crippen LogP contribution in [0, 0.1) is 23.7 Å². The topological polar surface area (TPSA) is 138 Å². The van der Waals surface area contributed by atoms with Gasteiger partial charge in [-0.2, -0.15) is 0 Å². The van der Waals surface area contributed by atoms with Crippen molar-refractivity contribution >= 4 is 29.4 Å². The molecule has 1 aromatic rings. The van der Waals surface area contributed by atoms with Crippen LogP contribution in [0.15, 0.2) is 64.5 Å². The number of likely N-dealkylation sites (tertiary alicyclic amines) is 1. The van der Waals surface area contributed by atoms with Crippen LogP contribution in [0.1, 0.15) is 51.0 Å². The van der Waals surface area contributed by atoms with E-state index in [0.29, 0.717) is 54.6 Å². The maximum atomic E-state index is 13.8. The molecule has 6 rings (SSSR count). The molecule has 0 unspecified atom stereocenters. The van der Waals surface area contributed by atoms with Gasteiger partial charge in [0.05, 0.1) is 18.1 Å². The zero-order chi connectivity index (χ0) is 29.0. The second kappa shape index (κ2) is 10.3. The highest BCUT2D eigenvalue weighted by molar-refractivity contribution is 6.23. The standard InChI is InChI=1S/C32H31NO8/c1-16-11-24(35)23-14-22-20(7-8-21-28(22)32(40)33(31(21)39)10-4-2-3-5-26(36)37)27(29(23)30(16)38)18-12-17-13-19(34)6-9-25(17)41-15-18/h6-7,9,11,13,15,21-22,27-28,34H,2-5,8,10,12,14H2,1H3,(H,36,37)/t21-,22+,27-,28-/m0/s1. The van der Waals surface area contributed by atoms with Crippen molar-refractivity contribution in [1.29, 1.82) is 0 Å². The number of Topliss-reactive ketones (excluding diaryl/α,β-unsaturated/α-hetero) is 1. The number of ether oxygens (including phenoxy) is 1. The average Bonchev–Trinajstić information content (AvgIpc) is 3.19. The summed E-state index contributed by atoms with van der Waals surface area (Å²) in [6.45, 7) is 1.87. The van der Waals surface area contributed by atoms with Gasteiger partial charge in [0, 0.05) is 47.6 Å². The molecule has 2 aliphatic heterocycles. The number of carboxylic acid groups (broad SMARTS) is 1. The number of carboxylic acids is 1. The van der Waals surface area contributed by atoms with Gasteiger partial charge in [0.1, 0.15) is 11.5 Å². The van der Waals surface area contributed by atoms with Gasteiger partial charge in [-0.25, -0.2) is 0 Å². The lowest BCUT2D eigenvalue weighted by molar-refractivity contribution is -0.141. The number of fused-ring (bicyclic) bond motifs is 4. The molecule has 0 saturated carbocycles. The van der Waals surface area contributed by atoms with Gasteiger partial charge in [-0.15, -0.1) is 0 Å². The highest BCUT2D eigenvalue weighted by atomic mass is 16.5. The van der Waals surface area contributed by atoms with Crippen molar-refractivity contribution in [3.63, 3.8) is 0 Å². The van der Waals surface area contributed by atoms with E-state index >= 15 is 0 Å². The van der Waals surface area contributed by atoms with Gasteiger partial charge in [0.25, 0.3) is 0 Å². The maximum absolute atomic E-state index is 13.8. The Bertz CT molecular complexity index is 1530. The van der Waals surface area contributed by atoms with Crippen molar-refractivity contribution in [1.82, 2.24) is 4.90 Å². The second-order valence-corrected chi connectivity index (χ2v) is 11.5. The SMILES string of the molecule is CC1=CC(=O)C2=C(C1=O)[C@@H](C1=COc3ccc(O)cc3C1)C1=CC[C@@H]3C(=O)N(CCCCCC(=O)O)C(=O)[C@@H]3[C@@H]1C2. The number of imide groups is 1. The number of phenols is 1. The molecule has 5 aliphatic rings. The normalized spacial score (nSPS) is 26.9. The van der Waals surface area contributed by atoms with Crippen LogP contribution < -0.4 is 4.74 Å². The third-order valence-corrected chi connectivity index (χ3v) is 9.08. The van der Waals surface area contributed by atoms with E-state index in [1.54, 1.807) is 25.3 Å². The number of ketones is 2. The number of aromatic hydroxyl groups is 1. The fourth-order valence-electron chi connectivity index (χ4n) is 7.18. The zero-order valence-corrected chi connectivity index (χ0v) is 22.7. The highest BCUT2D eigenvalue weighted by Crippen LogP contribution is 2.54. The second-order valence-electron chi connectivity index (χ2n) is 11.5. The van der Waals surface area contributed by atoms with Gasteiger partial charge >= 0.3 is 5.97 Å². The minimum atomic E-state index is -0.872. The van der Waals surface area contributed by atoms with Crippen molar-refractivity contribution in [2.45, 2.75) is 51.9 Å². The van der Waals surface area contributed by atoms with E-state index in [1.165, 1.54) is 17.0 Å². The fourth-order valence-corrected chi connectivity index (χ4v) is 7.18. The van der Waals surface area contributed by atoms with Crippen LogP contribution in [0.2, 0.25) is 0 Å². The molecule has 1 saturated heterocycles. The molecule has 0 spiro atoms. The summed E-state index contributed by atoms with van der Waals surface area (Å²) in [5.74, 6) is -3.26. The van der Waals surface area contributed by atoms with Crippen molar-refractivity contribution in [3.05, 3.63) is 70.0 Å². The molecular formula is C32H31NO8. The number of unbranched alkanes of at least 4 members (excludes halogenated alkanes) is 2. The number of carbonyl (C=O) groups excluding carboxylic acids is 4. The Balaban J connectivity index is 1.33. The molecule has 0 aromatic heterocycles. The molecule has 0 bridgehead atoms. The van der Waals surface area contributed by atoms with Gasteiger partial charge < -0.3 is 14.9 Å². The van der Waals surface area contributed by atoms with Crippen molar-refractivity contribution < 1.29 is 38.9 Å². The third-order valence-electron chi connectivity index (χ3n) is 9.08. The number of phenolic OH excluding ortho intramolecular Hbond substituents is 1. The molecule has 9 heteroatoms. The van der Waals surface area contributed by atoms with Gasteiger partial charge in [0.15, 0.2) is 11.6 Å². The predicted molar refractivity (Wildman–Crippen MR) is 145 cm³/mol. The molecule has 9 nitrogen and oxygen atoms in total. The smallest absolute Gasteiger partial charge is 0.303 e. The van der Waals surface area contributed by atoms with E-state index in [4.69, 9.17) is 9.84 Å². The summed E-state index contributed by atoms with van der Waals surface area (Å²) in [7, 11) is 0. The average molecular weight is 558 g/mol. The Kier molecular flexibility index (Phi) is 6.76. The molecule has 212 valence electrons. The van der Waals surface area contributed by atoms with Gasteiger partial charge in [-0.1, -0.05) is 18.1 Å². The van der Waals surface area contributed by atoms with E-state index in [1.807, 2.05) is 6.08 Å². The lowest BCUT2D eigenvalue weighted by Gasteiger charge is -2.43. The Morgan fingerprint density at radius 2 is 1.88 bits per heavy atom. The van der Waals surface area contributed by atoms with Crippen LogP contribution >= 0.6 is 0 Å². The first kappa shape index (κ1) is 26.9. The van der Waals surface area contributed by atoms with Crippen LogP contribution in [0.25, 0.3) is 0 Å². The molecule has 4 atom stereocenters. The quantitative estimate of drug-likeness (QED) is 0.223. The Hall–Kier alpha value is -4.27. The number of aliphatic carboxylic acids is 1. The first-order valence-corrected chi connectivity index (χ1v) is 14.1. The molecule has 41 heavy (non-hydrogen) atoms. The minimum absolute atomic E-state index is 0.0473. The summed E-state index contributed by atoms with van der Waals surface area (Å²) in [5.41, 5.74) is 3.55. The van der Waals surface area contributed by atoms with Gasteiger partial charge in [-0.05, 0) is 68.4 Å². The summed E-state index contributed by atoms with van der Waals surface area (Å²) in [4.78, 5) is 66.1. The zero-order valence-electron chi connectivity index (χ0n) is 22.7. The third kappa shape index (κ3) is 4.53. The van der Waals surface area contributed by atoms with Crippen LogP contribution in [0.4, 0.5) is 0 Å². The van der Waals surface area contributed by atoms with Gasteiger partial charge in [0.2, 0.25) is 11.8 Å².